The van der Waals surface area contributed by atoms with Crippen LogP contribution >= 0.6 is 15.9 Å². The average molecular weight is 367 g/mol. The molecule has 2 heterocycles. The van der Waals surface area contributed by atoms with Crippen LogP contribution in [0.15, 0.2) is 41.0 Å². The molecule has 0 fully saturated rings. The fourth-order valence-corrected chi connectivity index (χ4v) is 2.96. The van der Waals surface area contributed by atoms with E-state index in [9.17, 15) is 4.79 Å². The highest BCUT2D eigenvalue weighted by molar-refractivity contribution is 9.10. The molecular weight excluding hydrogens is 351 g/mol. The number of ketones is 1. The SMILES string of the molecule is Bc1cc(C)c(C(=O)Cc2ccc3ncc(Br)cc3n2)cc1C. The normalized spacial score (nSPS) is 10.9. The second kappa shape index (κ2) is 6.24. The molecule has 114 valence electrons. The Morgan fingerprint density at radius 2 is 1.91 bits per heavy atom. The molecule has 0 spiro atoms. The lowest BCUT2D eigenvalue weighted by atomic mass is 9.86. The molecular formula is C18H16BBrN2O. The van der Waals surface area contributed by atoms with Crippen molar-refractivity contribution in [3.63, 3.8) is 0 Å². The van der Waals surface area contributed by atoms with Gasteiger partial charge in [-0.3, -0.25) is 14.8 Å². The lowest BCUT2D eigenvalue weighted by molar-refractivity contribution is 0.0991. The van der Waals surface area contributed by atoms with Gasteiger partial charge < -0.3 is 0 Å². The van der Waals surface area contributed by atoms with Crippen molar-refractivity contribution in [3.05, 3.63) is 63.4 Å². The number of hydrogen-bond donors (Lipinski definition) is 0. The fraction of sp³-hybridized carbons (Fsp3) is 0.167. The molecule has 5 heteroatoms. The van der Waals surface area contributed by atoms with Crippen molar-refractivity contribution in [2.24, 2.45) is 0 Å². The van der Waals surface area contributed by atoms with Crippen LogP contribution < -0.4 is 5.46 Å². The van der Waals surface area contributed by atoms with Crippen LogP contribution in [0.2, 0.25) is 0 Å². The largest absolute Gasteiger partial charge is 0.294 e. The maximum atomic E-state index is 12.6. The van der Waals surface area contributed by atoms with Crippen LogP contribution in [0, 0.1) is 13.8 Å². The van der Waals surface area contributed by atoms with Gasteiger partial charge in [0.1, 0.15) is 7.85 Å². The Labute approximate surface area is 144 Å². The predicted molar refractivity (Wildman–Crippen MR) is 99.4 cm³/mol. The van der Waals surface area contributed by atoms with Crippen LogP contribution in [-0.4, -0.2) is 23.6 Å². The van der Waals surface area contributed by atoms with Gasteiger partial charge in [0.05, 0.1) is 17.5 Å². The maximum Gasteiger partial charge on any atom is 0.169 e. The number of aromatic nitrogens is 2. The quantitative estimate of drug-likeness (QED) is 0.528. The van der Waals surface area contributed by atoms with Gasteiger partial charge in [-0.1, -0.05) is 17.1 Å². The zero-order chi connectivity index (χ0) is 16.6. The highest BCUT2D eigenvalue weighted by Crippen LogP contribution is 2.17. The van der Waals surface area contributed by atoms with Crippen LogP contribution in [0.3, 0.4) is 0 Å². The Bertz CT molecular complexity index is 924. The Morgan fingerprint density at radius 3 is 2.70 bits per heavy atom. The van der Waals surface area contributed by atoms with Crippen LogP contribution in [0.25, 0.3) is 11.0 Å². The summed E-state index contributed by atoms with van der Waals surface area (Å²) in [6.07, 6.45) is 2.04. The second-order valence-electron chi connectivity index (χ2n) is 5.85. The summed E-state index contributed by atoms with van der Waals surface area (Å²) in [5.74, 6) is 0.0976. The molecule has 3 nitrogen and oxygen atoms in total. The number of rotatable bonds is 3. The van der Waals surface area contributed by atoms with Crippen LogP contribution in [-0.2, 0) is 6.42 Å². The first kappa shape index (κ1) is 15.9. The number of halogens is 1. The van der Waals surface area contributed by atoms with Crippen molar-refractivity contribution in [3.8, 4) is 0 Å². The number of nitrogens with zero attached hydrogens (tertiary/aromatic N) is 2. The molecule has 0 aliphatic carbocycles. The van der Waals surface area contributed by atoms with Gasteiger partial charge >= 0.3 is 0 Å². The Kier molecular flexibility index (Phi) is 4.31. The number of pyridine rings is 2. The highest BCUT2D eigenvalue weighted by Gasteiger charge is 2.13. The summed E-state index contributed by atoms with van der Waals surface area (Å²) in [6.45, 7) is 4.01. The lowest BCUT2D eigenvalue weighted by Crippen LogP contribution is -2.14. The molecule has 0 aliphatic rings. The monoisotopic (exact) mass is 366 g/mol. The molecule has 0 saturated carbocycles. The van der Waals surface area contributed by atoms with Gasteiger partial charge in [0.25, 0.3) is 0 Å². The summed E-state index contributed by atoms with van der Waals surface area (Å²) in [7, 11) is 2.06. The molecule has 0 unspecified atom stereocenters. The van der Waals surface area contributed by atoms with Crippen molar-refractivity contribution in [2.75, 3.05) is 0 Å². The molecule has 0 radical (unpaired) electrons. The molecule has 23 heavy (non-hydrogen) atoms. The van der Waals surface area contributed by atoms with Gasteiger partial charge in [-0.05, 0) is 59.6 Å². The van der Waals surface area contributed by atoms with Crippen LogP contribution in [0.1, 0.15) is 27.2 Å². The number of fused-ring (bicyclic) bond motifs is 1. The summed E-state index contributed by atoms with van der Waals surface area (Å²) >= 11 is 3.40. The predicted octanol–water partition coefficient (Wildman–Crippen LogP) is 2.69. The summed E-state index contributed by atoms with van der Waals surface area (Å²) in [5.41, 5.74) is 6.52. The number of aryl methyl sites for hydroxylation is 2. The van der Waals surface area contributed by atoms with Gasteiger partial charge in [0, 0.05) is 21.9 Å². The first-order valence-corrected chi connectivity index (χ1v) is 8.25. The molecule has 0 saturated heterocycles. The zero-order valence-corrected chi connectivity index (χ0v) is 14.9. The van der Waals surface area contributed by atoms with E-state index in [1.165, 1.54) is 5.46 Å². The lowest BCUT2D eigenvalue weighted by Gasteiger charge is -2.09. The van der Waals surface area contributed by atoms with Crippen molar-refractivity contribution < 1.29 is 4.79 Å². The summed E-state index contributed by atoms with van der Waals surface area (Å²) in [4.78, 5) is 21.5. The number of Topliss-reactive ketones (excluding diaryl/α,β-unsaturated/α-hetero) is 1. The first-order valence-electron chi connectivity index (χ1n) is 7.46. The van der Waals surface area contributed by atoms with E-state index >= 15 is 0 Å². The number of carbonyl (C=O) groups excluding carboxylic acids is 1. The average Bonchev–Trinajstić information content (AvgIpc) is 2.50. The summed E-state index contributed by atoms with van der Waals surface area (Å²) in [6, 6.07) is 9.74. The van der Waals surface area contributed by atoms with Gasteiger partial charge in [0.2, 0.25) is 0 Å². The molecule has 3 aromatic rings. The Morgan fingerprint density at radius 1 is 1.13 bits per heavy atom. The van der Waals surface area contributed by atoms with E-state index in [4.69, 9.17) is 0 Å². The molecule has 0 atom stereocenters. The van der Waals surface area contributed by atoms with Crippen molar-refractivity contribution in [1.82, 2.24) is 9.97 Å². The van der Waals surface area contributed by atoms with E-state index in [2.05, 4.69) is 39.8 Å². The molecule has 0 bridgehead atoms. The summed E-state index contributed by atoms with van der Waals surface area (Å²) < 4.78 is 0.881. The van der Waals surface area contributed by atoms with E-state index < -0.39 is 0 Å². The number of benzene rings is 1. The van der Waals surface area contributed by atoms with Crippen LogP contribution in [0.5, 0.6) is 0 Å². The van der Waals surface area contributed by atoms with E-state index in [1.54, 1.807) is 6.20 Å². The molecule has 0 amide bonds. The molecule has 3 rings (SSSR count). The molecule has 2 aromatic heterocycles. The van der Waals surface area contributed by atoms with Gasteiger partial charge in [0.15, 0.2) is 5.78 Å². The number of carbonyl (C=O) groups is 1. The van der Waals surface area contributed by atoms with E-state index in [-0.39, 0.29) is 5.78 Å². The number of hydrogen-bond acceptors (Lipinski definition) is 3. The topological polar surface area (TPSA) is 42.9 Å². The van der Waals surface area contributed by atoms with Gasteiger partial charge in [-0.15, -0.1) is 0 Å². The molecule has 1 aromatic carbocycles. The maximum absolute atomic E-state index is 12.6. The van der Waals surface area contributed by atoms with Crippen LogP contribution in [0.4, 0.5) is 0 Å². The third-order valence-corrected chi connectivity index (χ3v) is 4.48. The highest BCUT2D eigenvalue weighted by atomic mass is 79.9. The van der Waals surface area contributed by atoms with Crippen molar-refractivity contribution in [1.29, 1.82) is 0 Å². The summed E-state index contributed by atoms with van der Waals surface area (Å²) in [5, 5.41) is 0. The smallest absolute Gasteiger partial charge is 0.169 e. The third-order valence-electron chi connectivity index (χ3n) is 4.04. The Hall–Kier alpha value is -2.01. The fourth-order valence-electron chi connectivity index (χ4n) is 2.64. The Balaban J connectivity index is 1.92. The minimum absolute atomic E-state index is 0.0976. The van der Waals surface area contributed by atoms with Gasteiger partial charge in [-0.25, -0.2) is 0 Å². The van der Waals surface area contributed by atoms with Gasteiger partial charge in [-0.2, -0.15) is 0 Å². The zero-order valence-electron chi connectivity index (χ0n) is 13.4. The van der Waals surface area contributed by atoms with E-state index in [1.807, 2.05) is 38.1 Å². The van der Waals surface area contributed by atoms with E-state index in [0.717, 1.165) is 37.9 Å². The standard InChI is InChI=1S/C18H16BBrN2O/c1-10-6-15(19)11(2)5-14(10)18(23)8-13-3-4-16-17(22-13)7-12(20)9-21-16/h3-7,9H,8,19H2,1-2H3. The minimum Gasteiger partial charge on any atom is -0.294 e. The molecule has 0 N–H and O–H groups in total. The second-order valence-corrected chi connectivity index (χ2v) is 6.76. The first-order chi connectivity index (χ1) is 10.9. The van der Waals surface area contributed by atoms with E-state index in [0.29, 0.717) is 6.42 Å². The van der Waals surface area contributed by atoms with Crippen molar-refractivity contribution in [2.45, 2.75) is 20.3 Å². The molecule has 0 aliphatic heterocycles. The third kappa shape index (κ3) is 3.35. The van der Waals surface area contributed by atoms with Crippen molar-refractivity contribution >= 4 is 46.1 Å². The minimum atomic E-state index is 0.0976.